The molecule has 0 aliphatic heterocycles. The van der Waals surface area contributed by atoms with Crippen LogP contribution in [-0.4, -0.2) is 16.9 Å². The quantitative estimate of drug-likeness (QED) is 0.154. The molecule has 3 nitrogen and oxygen atoms in total. The molecule has 0 spiro atoms. The van der Waals surface area contributed by atoms with Crippen LogP contribution in [-0.2, 0) is 5.41 Å². The number of pyridine rings is 1. The Morgan fingerprint density at radius 3 is 1.97 bits per heavy atom. The van der Waals surface area contributed by atoms with Crippen molar-refractivity contribution >= 4 is 39.2 Å². The first-order chi connectivity index (χ1) is 28.9. The lowest BCUT2D eigenvalue weighted by Crippen LogP contribution is -2.15. The van der Waals surface area contributed by atoms with Crippen LogP contribution in [0.1, 0.15) is 41.7 Å². The van der Waals surface area contributed by atoms with E-state index in [2.05, 4.69) is 164 Å². The fourth-order valence-electron chi connectivity index (χ4n) is 8.75. The van der Waals surface area contributed by atoms with E-state index in [1.54, 1.807) is 6.20 Å². The lowest BCUT2D eigenvalue weighted by Gasteiger charge is -2.22. The Kier molecular flexibility index (Phi) is 8.99. The van der Waals surface area contributed by atoms with Crippen LogP contribution < -0.4 is 0 Å². The maximum Gasteiger partial charge on any atom is 0.0723 e. The van der Waals surface area contributed by atoms with E-state index in [0.29, 0.717) is 11.4 Å². The first kappa shape index (κ1) is 35.9. The number of rotatable bonds is 8. The van der Waals surface area contributed by atoms with Crippen LogP contribution in [0.2, 0.25) is 0 Å². The molecule has 1 heterocycles. The van der Waals surface area contributed by atoms with Gasteiger partial charge in [-0.05, 0) is 101 Å². The van der Waals surface area contributed by atoms with E-state index in [0.717, 1.165) is 38.6 Å². The second kappa shape index (κ2) is 14.8. The zero-order valence-corrected chi connectivity index (χ0v) is 33.0. The fraction of sp³-hybridized carbons (Fsp3) is 0.0536. The first-order valence-electron chi connectivity index (χ1n) is 20.1. The van der Waals surface area contributed by atoms with E-state index in [4.69, 9.17) is 10.4 Å². The van der Waals surface area contributed by atoms with Gasteiger partial charge in [-0.3, -0.25) is 9.98 Å². The molecule has 10 rings (SSSR count). The molecular formula is C56H41N3. The number of fused-ring (bicyclic) bond motifs is 6. The van der Waals surface area contributed by atoms with Gasteiger partial charge in [0.15, 0.2) is 0 Å². The number of aliphatic imine (C=N–C) groups is 1. The monoisotopic (exact) mass is 755 g/mol. The molecule has 0 amide bonds. The highest BCUT2D eigenvalue weighted by molar-refractivity contribution is 6.12. The minimum Gasteiger partial charge on any atom is -0.300 e. The van der Waals surface area contributed by atoms with Crippen LogP contribution in [0.25, 0.3) is 71.7 Å². The highest BCUT2D eigenvalue weighted by Gasteiger charge is 2.36. The summed E-state index contributed by atoms with van der Waals surface area (Å²) in [6, 6.07) is 64.4. The summed E-state index contributed by atoms with van der Waals surface area (Å²) in [5.74, 6) is 0. The zero-order chi connectivity index (χ0) is 39.9. The standard InChI is InChI=1S/C56H41N3/c1-56(2)51-31-28-39-11-6-7-16-48(39)55(51)50-30-26-43(33-52(50)56)37-18-22-40(23-19-37)47-29-27-45(46-15-8-9-17-49(46)47)36-59-54(34-53(57)41-12-4-3-5-13-41)42-24-20-38(21-25-42)44-14-10-32-58-35-44/h3-36,57H,1-2H3/b54-34-,57-53?,59-36?. The van der Waals surface area contributed by atoms with Gasteiger partial charge in [0, 0.05) is 35.2 Å². The molecule has 0 radical (unpaired) electrons. The summed E-state index contributed by atoms with van der Waals surface area (Å²) in [6.45, 7) is 4.71. The SMILES string of the molecule is CC1(C)c2cc(-c3ccc(-c4ccc(C=N/C(=C\C(=N)c5ccccc5)c5ccc(-c6cccnc6)cc5)c5ccccc45)cc3)ccc2-c2c1ccc1ccccc21. The van der Waals surface area contributed by atoms with E-state index in [1.165, 1.54) is 55.3 Å². The molecule has 0 saturated heterocycles. The second-order valence-corrected chi connectivity index (χ2v) is 15.8. The minimum absolute atomic E-state index is 0.0836. The molecule has 0 saturated carbocycles. The molecule has 1 aliphatic carbocycles. The van der Waals surface area contributed by atoms with Crippen molar-refractivity contribution in [2.24, 2.45) is 4.99 Å². The number of benzene rings is 8. The van der Waals surface area contributed by atoms with Crippen molar-refractivity contribution in [3.05, 3.63) is 228 Å². The Bertz CT molecular complexity index is 3100. The Labute approximate surface area is 345 Å². The van der Waals surface area contributed by atoms with E-state index >= 15 is 0 Å². The smallest absolute Gasteiger partial charge is 0.0723 e. The second-order valence-electron chi connectivity index (χ2n) is 15.8. The molecule has 59 heavy (non-hydrogen) atoms. The number of nitrogens with zero attached hydrogens (tertiary/aromatic N) is 2. The van der Waals surface area contributed by atoms with Crippen molar-refractivity contribution in [2.45, 2.75) is 19.3 Å². The molecular weight excluding hydrogens is 715 g/mol. The maximum atomic E-state index is 8.94. The molecule has 1 aliphatic rings. The fourth-order valence-corrected chi connectivity index (χ4v) is 8.75. The molecule has 9 aromatic rings. The molecule has 0 unspecified atom stereocenters. The summed E-state index contributed by atoms with van der Waals surface area (Å²) in [6.07, 6.45) is 7.44. The first-order valence-corrected chi connectivity index (χ1v) is 20.1. The predicted octanol–water partition coefficient (Wildman–Crippen LogP) is 14.2. The number of hydrogen-bond acceptors (Lipinski definition) is 3. The van der Waals surface area contributed by atoms with Crippen molar-refractivity contribution < 1.29 is 0 Å². The maximum absolute atomic E-state index is 8.94. The highest BCUT2D eigenvalue weighted by atomic mass is 14.7. The Morgan fingerprint density at radius 2 is 1.19 bits per heavy atom. The summed E-state index contributed by atoms with van der Waals surface area (Å²) in [5, 5.41) is 13.8. The molecule has 3 heteroatoms. The van der Waals surface area contributed by atoms with Gasteiger partial charge in [-0.1, -0.05) is 184 Å². The number of allylic oxidation sites excluding steroid dienone is 1. The number of hydrogen-bond donors (Lipinski definition) is 1. The number of aromatic nitrogens is 1. The van der Waals surface area contributed by atoms with Crippen molar-refractivity contribution in [3.63, 3.8) is 0 Å². The van der Waals surface area contributed by atoms with Gasteiger partial charge in [-0.25, -0.2) is 0 Å². The Morgan fingerprint density at radius 1 is 0.525 bits per heavy atom. The average molecular weight is 756 g/mol. The molecule has 1 aromatic heterocycles. The summed E-state index contributed by atoms with van der Waals surface area (Å²) in [4.78, 5) is 9.36. The van der Waals surface area contributed by atoms with Gasteiger partial charge >= 0.3 is 0 Å². The Balaban J connectivity index is 0.968. The van der Waals surface area contributed by atoms with E-state index in [9.17, 15) is 0 Å². The Hall–Kier alpha value is -7.49. The van der Waals surface area contributed by atoms with Gasteiger partial charge in [-0.2, -0.15) is 0 Å². The van der Waals surface area contributed by atoms with E-state index in [-0.39, 0.29) is 5.41 Å². The molecule has 1 N–H and O–H groups in total. The van der Waals surface area contributed by atoms with Crippen molar-refractivity contribution in [1.82, 2.24) is 4.98 Å². The summed E-state index contributed by atoms with van der Waals surface area (Å²) in [5.41, 5.74) is 16.2. The van der Waals surface area contributed by atoms with Gasteiger partial charge in [0.1, 0.15) is 0 Å². The molecule has 0 fully saturated rings. The lowest BCUT2D eigenvalue weighted by molar-refractivity contribution is 0.661. The van der Waals surface area contributed by atoms with Gasteiger partial charge in [0.2, 0.25) is 0 Å². The minimum atomic E-state index is -0.0836. The molecule has 280 valence electrons. The van der Waals surface area contributed by atoms with E-state index < -0.39 is 0 Å². The van der Waals surface area contributed by atoms with Crippen LogP contribution in [0.3, 0.4) is 0 Å². The van der Waals surface area contributed by atoms with Gasteiger partial charge < -0.3 is 5.41 Å². The van der Waals surface area contributed by atoms with E-state index in [1.807, 2.05) is 54.9 Å². The van der Waals surface area contributed by atoms with Gasteiger partial charge in [0.25, 0.3) is 0 Å². The van der Waals surface area contributed by atoms with Crippen LogP contribution in [0.15, 0.2) is 205 Å². The van der Waals surface area contributed by atoms with Crippen LogP contribution >= 0.6 is 0 Å². The largest absolute Gasteiger partial charge is 0.300 e. The average Bonchev–Trinajstić information content (AvgIpc) is 3.53. The molecule has 8 aromatic carbocycles. The van der Waals surface area contributed by atoms with Crippen molar-refractivity contribution in [1.29, 1.82) is 5.41 Å². The van der Waals surface area contributed by atoms with Crippen LogP contribution in [0.4, 0.5) is 0 Å². The third-order valence-electron chi connectivity index (χ3n) is 11.9. The van der Waals surface area contributed by atoms with Crippen LogP contribution in [0.5, 0.6) is 0 Å². The third-order valence-corrected chi connectivity index (χ3v) is 11.9. The summed E-state index contributed by atoms with van der Waals surface area (Å²) < 4.78 is 0. The van der Waals surface area contributed by atoms with Gasteiger partial charge in [-0.15, -0.1) is 0 Å². The molecule has 0 bridgehead atoms. The summed E-state index contributed by atoms with van der Waals surface area (Å²) in [7, 11) is 0. The van der Waals surface area contributed by atoms with Crippen molar-refractivity contribution in [2.75, 3.05) is 0 Å². The number of nitrogens with one attached hydrogen (secondary N) is 1. The lowest BCUT2D eigenvalue weighted by atomic mass is 9.81. The van der Waals surface area contributed by atoms with Gasteiger partial charge in [0.05, 0.1) is 11.4 Å². The predicted molar refractivity (Wildman–Crippen MR) is 248 cm³/mol. The summed E-state index contributed by atoms with van der Waals surface area (Å²) >= 11 is 0. The highest BCUT2D eigenvalue weighted by Crippen LogP contribution is 2.52. The zero-order valence-electron chi connectivity index (χ0n) is 33.0. The third kappa shape index (κ3) is 6.57. The molecule has 0 atom stereocenters. The normalized spacial score (nSPS) is 13.2. The van der Waals surface area contributed by atoms with Crippen LogP contribution in [0, 0.1) is 5.41 Å². The topological polar surface area (TPSA) is 49.1 Å². The van der Waals surface area contributed by atoms with Crippen molar-refractivity contribution in [3.8, 4) is 44.5 Å².